The fraction of sp³-hybridized carbons (Fsp3) is 0.263. The number of anilines is 1. The molecule has 0 spiro atoms. The van der Waals surface area contributed by atoms with E-state index in [9.17, 15) is 0 Å². The van der Waals surface area contributed by atoms with Crippen molar-refractivity contribution >= 4 is 32.8 Å². The first kappa shape index (κ1) is 17.5. The topological polar surface area (TPSA) is 56.3 Å². The molecule has 3 rings (SSSR count). The fourth-order valence-corrected chi connectivity index (χ4v) is 3.04. The fourth-order valence-electron chi connectivity index (χ4n) is 2.64. The first-order valence-corrected chi connectivity index (χ1v) is 9.00. The molecule has 1 heterocycles. The van der Waals surface area contributed by atoms with Crippen LogP contribution in [0.25, 0.3) is 22.2 Å². The summed E-state index contributed by atoms with van der Waals surface area (Å²) in [5.41, 5.74) is 2.66. The Hall–Kier alpha value is -2.34. The van der Waals surface area contributed by atoms with E-state index in [2.05, 4.69) is 31.2 Å². The zero-order valence-corrected chi connectivity index (χ0v) is 16.1. The van der Waals surface area contributed by atoms with Gasteiger partial charge in [0.05, 0.1) is 24.4 Å². The van der Waals surface area contributed by atoms with Gasteiger partial charge in [0, 0.05) is 28.5 Å². The Morgan fingerprint density at radius 2 is 1.72 bits per heavy atom. The standard InChI is InChI=1S/C19H20BrN3O2/c1-4-24-16-10-14-15(11-17(16)25-5-2)22-19(21-3)23-18(14)12-7-6-8-13(20)9-12/h6-11H,4-5H2,1-3H3,(H,21,22,23). The summed E-state index contributed by atoms with van der Waals surface area (Å²) >= 11 is 3.53. The van der Waals surface area contributed by atoms with Crippen molar-refractivity contribution in [3.05, 3.63) is 40.9 Å². The third kappa shape index (κ3) is 3.69. The molecule has 0 saturated heterocycles. The molecular formula is C19H20BrN3O2. The maximum atomic E-state index is 5.76. The molecule has 6 heteroatoms. The van der Waals surface area contributed by atoms with Crippen molar-refractivity contribution in [3.8, 4) is 22.8 Å². The molecule has 0 radical (unpaired) electrons. The lowest BCUT2D eigenvalue weighted by Crippen LogP contribution is -2.02. The van der Waals surface area contributed by atoms with Crippen molar-refractivity contribution in [1.29, 1.82) is 0 Å². The largest absolute Gasteiger partial charge is 0.490 e. The Bertz CT molecular complexity index is 899. The van der Waals surface area contributed by atoms with Gasteiger partial charge in [-0.1, -0.05) is 28.1 Å². The summed E-state index contributed by atoms with van der Waals surface area (Å²) < 4.78 is 12.5. The number of aromatic nitrogens is 2. The van der Waals surface area contributed by atoms with Crippen LogP contribution >= 0.6 is 15.9 Å². The lowest BCUT2D eigenvalue weighted by atomic mass is 10.1. The van der Waals surface area contributed by atoms with Crippen LogP contribution in [-0.4, -0.2) is 30.2 Å². The molecule has 0 aliphatic heterocycles. The van der Waals surface area contributed by atoms with Crippen molar-refractivity contribution in [3.63, 3.8) is 0 Å². The zero-order chi connectivity index (χ0) is 17.8. The van der Waals surface area contributed by atoms with Gasteiger partial charge in [0.15, 0.2) is 11.5 Å². The van der Waals surface area contributed by atoms with Gasteiger partial charge in [-0.15, -0.1) is 0 Å². The maximum absolute atomic E-state index is 5.76. The Balaban J connectivity index is 2.29. The number of hydrogen-bond donors (Lipinski definition) is 1. The van der Waals surface area contributed by atoms with Crippen LogP contribution < -0.4 is 14.8 Å². The van der Waals surface area contributed by atoms with Crippen LogP contribution in [0.2, 0.25) is 0 Å². The van der Waals surface area contributed by atoms with Gasteiger partial charge >= 0.3 is 0 Å². The molecule has 3 aromatic rings. The van der Waals surface area contributed by atoms with Crippen LogP contribution in [0.4, 0.5) is 5.95 Å². The highest BCUT2D eigenvalue weighted by molar-refractivity contribution is 9.10. The molecule has 0 aliphatic rings. The van der Waals surface area contributed by atoms with Gasteiger partial charge in [-0.05, 0) is 32.0 Å². The third-order valence-electron chi connectivity index (χ3n) is 3.68. The number of nitrogens with one attached hydrogen (secondary N) is 1. The summed E-state index contributed by atoms with van der Waals surface area (Å²) in [4.78, 5) is 9.25. The summed E-state index contributed by atoms with van der Waals surface area (Å²) in [7, 11) is 1.81. The first-order chi connectivity index (χ1) is 12.2. The molecule has 0 atom stereocenters. The van der Waals surface area contributed by atoms with Gasteiger partial charge in [0.1, 0.15) is 0 Å². The normalized spacial score (nSPS) is 10.7. The van der Waals surface area contributed by atoms with Crippen LogP contribution in [0.3, 0.4) is 0 Å². The molecule has 0 unspecified atom stereocenters. The summed E-state index contributed by atoms with van der Waals surface area (Å²) in [6.07, 6.45) is 0. The van der Waals surface area contributed by atoms with Crippen molar-refractivity contribution < 1.29 is 9.47 Å². The monoisotopic (exact) mass is 401 g/mol. The predicted molar refractivity (Wildman–Crippen MR) is 105 cm³/mol. The number of ether oxygens (including phenoxy) is 2. The minimum atomic E-state index is 0.563. The van der Waals surface area contributed by atoms with Crippen LogP contribution in [0.15, 0.2) is 40.9 Å². The Labute approximate surface area is 155 Å². The van der Waals surface area contributed by atoms with E-state index in [1.54, 1.807) is 0 Å². The van der Waals surface area contributed by atoms with E-state index in [1.807, 2.05) is 57.3 Å². The van der Waals surface area contributed by atoms with Gasteiger partial charge in [-0.3, -0.25) is 0 Å². The number of fused-ring (bicyclic) bond motifs is 1. The molecule has 25 heavy (non-hydrogen) atoms. The molecule has 2 aromatic carbocycles. The lowest BCUT2D eigenvalue weighted by molar-refractivity contribution is 0.288. The Morgan fingerprint density at radius 1 is 1.00 bits per heavy atom. The van der Waals surface area contributed by atoms with Crippen LogP contribution in [0.1, 0.15) is 13.8 Å². The minimum Gasteiger partial charge on any atom is -0.490 e. The number of rotatable bonds is 6. The lowest BCUT2D eigenvalue weighted by Gasteiger charge is -2.14. The van der Waals surface area contributed by atoms with E-state index in [1.165, 1.54) is 0 Å². The third-order valence-corrected chi connectivity index (χ3v) is 4.18. The van der Waals surface area contributed by atoms with Crippen molar-refractivity contribution in [2.75, 3.05) is 25.6 Å². The smallest absolute Gasteiger partial charge is 0.223 e. The highest BCUT2D eigenvalue weighted by atomic mass is 79.9. The number of halogens is 1. The highest BCUT2D eigenvalue weighted by Crippen LogP contribution is 2.37. The molecule has 0 aliphatic carbocycles. The summed E-state index contributed by atoms with van der Waals surface area (Å²) in [6.45, 7) is 5.03. The summed E-state index contributed by atoms with van der Waals surface area (Å²) in [6, 6.07) is 11.9. The molecule has 0 bridgehead atoms. The quantitative estimate of drug-likeness (QED) is 0.636. The van der Waals surface area contributed by atoms with Crippen molar-refractivity contribution in [2.24, 2.45) is 0 Å². The molecule has 1 aromatic heterocycles. The van der Waals surface area contributed by atoms with Gasteiger partial charge in [-0.2, -0.15) is 0 Å². The Morgan fingerprint density at radius 3 is 2.36 bits per heavy atom. The van der Waals surface area contributed by atoms with Crippen LogP contribution in [0, 0.1) is 0 Å². The number of hydrogen-bond acceptors (Lipinski definition) is 5. The van der Waals surface area contributed by atoms with E-state index in [4.69, 9.17) is 9.47 Å². The average Bonchev–Trinajstić information content (AvgIpc) is 2.61. The van der Waals surface area contributed by atoms with Gasteiger partial charge in [-0.25, -0.2) is 9.97 Å². The van der Waals surface area contributed by atoms with E-state index in [-0.39, 0.29) is 0 Å². The SMILES string of the molecule is CCOc1cc2nc(NC)nc(-c3cccc(Br)c3)c2cc1OCC. The van der Waals surface area contributed by atoms with Gasteiger partial charge in [0.2, 0.25) is 5.95 Å². The average molecular weight is 402 g/mol. The molecule has 5 nitrogen and oxygen atoms in total. The molecule has 0 fully saturated rings. The van der Waals surface area contributed by atoms with E-state index in [0.717, 1.165) is 26.6 Å². The van der Waals surface area contributed by atoms with E-state index >= 15 is 0 Å². The second-order valence-corrected chi connectivity index (χ2v) is 6.25. The second kappa shape index (κ2) is 7.70. The first-order valence-electron chi connectivity index (χ1n) is 8.21. The molecule has 0 amide bonds. The maximum Gasteiger partial charge on any atom is 0.223 e. The number of nitrogens with zero attached hydrogens (tertiary/aromatic N) is 2. The molecule has 0 saturated carbocycles. The molecule has 1 N–H and O–H groups in total. The summed E-state index contributed by atoms with van der Waals surface area (Å²) in [5, 5.41) is 3.95. The molecule has 130 valence electrons. The van der Waals surface area contributed by atoms with Crippen LogP contribution in [0.5, 0.6) is 11.5 Å². The Kier molecular flexibility index (Phi) is 5.38. The van der Waals surface area contributed by atoms with Crippen molar-refractivity contribution in [1.82, 2.24) is 9.97 Å². The minimum absolute atomic E-state index is 0.563. The van der Waals surface area contributed by atoms with Gasteiger partial charge in [0.25, 0.3) is 0 Å². The van der Waals surface area contributed by atoms with Crippen LogP contribution in [-0.2, 0) is 0 Å². The van der Waals surface area contributed by atoms with Gasteiger partial charge < -0.3 is 14.8 Å². The second-order valence-electron chi connectivity index (χ2n) is 5.34. The van der Waals surface area contributed by atoms with Crippen molar-refractivity contribution in [2.45, 2.75) is 13.8 Å². The summed E-state index contributed by atoms with van der Waals surface area (Å²) in [5.74, 6) is 1.96. The highest BCUT2D eigenvalue weighted by Gasteiger charge is 2.15. The van der Waals surface area contributed by atoms with E-state index in [0.29, 0.717) is 30.7 Å². The number of benzene rings is 2. The predicted octanol–water partition coefficient (Wildman–Crippen LogP) is 4.90. The zero-order valence-electron chi connectivity index (χ0n) is 14.5. The van der Waals surface area contributed by atoms with E-state index < -0.39 is 0 Å². The molecular weight excluding hydrogens is 382 g/mol.